The summed E-state index contributed by atoms with van der Waals surface area (Å²) in [4.78, 5) is 11.0. The van der Waals surface area contributed by atoms with Crippen LogP contribution in [0.3, 0.4) is 0 Å². The van der Waals surface area contributed by atoms with Crippen LogP contribution in [0.5, 0.6) is 0 Å². The van der Waals surface area contributed by atoms with E-state index >= 15 is 0 Å². The van der Waals surface area contributed by atoms with Crippen molar-refractivity contribution in [2.24, 2.45) is 11.8 Å². The van der Waals surface area contributed by atoms with Gasteiger partial charge in [0.25, 0.3) is 0 Å². The SMILES string of the molecule is CNC(=O)C[C@H](C)CCCC(C)C. The molecule has 0 aliphatic carbocycles. The smallest absolute Gasteiger partial charge is 0.220 e. The Balaban J connectivity index is 3.40. The number of nitrogens with one attached hydrogen (secondary N) is 1. The van der Waals surface area contributed by atoms with Crippen LogP contribution < -0.4 is 5.32 Å². The fourth-order valence-electron chi connectivity index (χ4n) is 1.40. The zero-order valence-corrected chi connectivity index (χ0v) is 9.39. The fourth-order valence-corrected chi connectivity index (χ4v) is 1.40. The van der Waals surface area contributed by atoms with E-state index in [1.54, 1.807) is 7.05 Å². The molecule has 0 bridgehead atoms. The van der Waals surface area contributed by atoms with Gasteiger partial charge in [0.1, 0.15) is 0 Å². The first-order valence-electron chi connectivity index (χ1n) is 5.26. The number of carbonyl (C=O) groups excluding carboxylic acids is 1. The zero-order chi connectivity index (χ0) is 10.3. The van der Waals surface area contributed by atoms with Crippen LogP contribution in [0.1, 0.15) is 46.5 Å². The summed E-state index contributed by atoms with van der Waals surface area (Å²) in [6, 6.07) is 0. The molecule has 0 aromatic rings. The van der Waals surface area contributed by atoms with Gasteiger partial charge in [0.05, 0.1) is 0 Å². The molecule has 1 amide bonds. The Kier molecular flexibility index (Phi) is 6.65. The summed E-state index contributed by atoms with van der Waals surface area (Å²) >= 11 is 0. The molecule has 1 atom stereocenters. The van der Waals surface area contributed by atoms with E-state index in [0.29, 0.717) is 12.3 Å². The normalized spacial score (nSPS) is 13.0. The van der Waals surface area contributed by atoms with Gasteiger partial charge in [-0.2, -0.15) is 0 Å². The van der Waals surface area contributed by atoms with Crippen molar-refractivity contribution < 1.29 is 4.79 Å². The van der Waals surface area contributed by atoms with Gasteiger partial charge in [0, 0.05) is 13.5 Å². The topological polar surface area (TPSA) is 29.1 Å². The van der Waals surface area contributed by atoms with Crippen molar-refractivity contribution >= 4 is 5.91 Å². The highest BCUT2D eigenvalue weighted by Crippen LogP contribution is 2.14. The second-order valence-corrected chi connectivity index (χ2v) is 4.31. The van der Waals surface area contributed by atoms with E-state index in [1.807, 2.05) is 0 Å². The molecule has 0 saturated carbocycles. The van der Waals surface area contributed by atoms with Gasteiger partial charge >= 0.3 is 0 Å². The number of amides is 1. The zero-order valence-electron chi connectivity index (χ0n) is 9.39. The van der Waals surface area contributed by atoms with Crippen LogP contribution in [-0.2, 0) is 4.79 Å². The molecule has 0 unspecified atom stereocenters. The van der Waals surface area contributed by atoms with Crippen LogP contribution in [0.2, 0.25) is 0 Å². The summed E-state index contributed by atoms with van der Waals surface area (Å²) in [6.07, 6.45) is 4.37. The third-order valence-electron chi connectivity index (χ3n) is 2.29. The quantitative estimate of drug-likeness (QED) is 0.677. The van der Waals surface area contributed by atoms with E-state index in [2.05, 4.69) is 26.1 Å². The molecular formula is C11H23NO. The summed E-state index contributed by atoms with van der Waals surface area (Å²) in [6.45, 7) is 6.63. The molecule has 0 fully saturated rings. The first-order chi connectivity index (χ1) is 6.06. The Hall–Kier alpha value is -0.530. The summed E-state index contributed by atoms with van der Waals surface area (Å²) in [7, 11) is 1.70. The van der Waals surface area contributed by atoms with Crippen molar-refractivity contribution in [3.05, 3.63) is 0 Å². The third-order valence-corrected chi connectivity index (χ3v) is 2.29. The van der Waals surface area contributed by atoms with Gasteiger partial charge in [0.15, 0.2) is 0 Å². The lowest BCUT2D eigenvalue weighted by Crippen LogP contribution is -2.20. The van der Waals surface area contributed by atoms with Crippen molar-refractivity contribution in [3.8, 4) is 0 Å². The molecule has 0 spiro atoms. The summed E-state index contributed by atoms with van der Waals surface area (Å²) < 4.78 is 0. The standard InChI is InChI=1S/C11H23NO/c1-9(2)6-5-7-10(3)8-11(13)12-4/h9-10H,5-8H2,1-4H3,(H,12,13)/t10-/m1/s1. The van der Waals surface area contributed by atoms with Gasteiger partial charge in [-0.1, -0.05) is 40.0 Å². The van der Waals surface area contributed by atoms with Crippen molar-refractivity contribution in [1.82, 2.24) is 5.32 Å². The van der Waals surface area contributed by atoms with Gasteiger partial charge in [-0.05, 0) is 11.8 Å². The molecule has 0 heterocycles. The fraction of sp³-hybridized carbons (Fsp3) is 0.909. The average Bonchev–Trinajstić information content (AvgIpc) is 2.03. The van der Waals surface area contributed by atoms with E-state index in [-0.39, 0.29) is 5.91 Å². The highest BCUT2D eigenvalue weighted by Gasteiger charge is 2.07. The second kappa shape index (κ2) is 6.93. The van der Waals surface area contributed by atoms with Crippen LogP contribution in [0.25, 0.3) is 0 Å². The van der Waals surface area contributed by atoms with E-state index in [4.69, 9.17) is 0 Å². The number of rotatable bonds is 6. The molecule has 0 aliphatic rings. The van der Waals surface area contributed by atoms with E-state index in [0.717, 1.165) is 5.92 Å². The first kappa shape index (κ1) is 12.5. The summed E-state index contributed by atoms with van der Waals surface area (Å²) in [5.74, 6) is 1.47. The minimum atomic E-state index is 0.164. The number of carbonyl (C=O) groups is 1. The Morgan fingerprint density at radius 1 is 1.23 bits per heavy atom. The Bertz CT molecular complexity index is 143. The van der Waals surface area contributed by atoms with Crippen molar-refractivity contribution in [3.63, 3.8) is 0 Å². The maximum Gasteiger partial charge on any atom is 0.220 e. The number of hydrogen-bond acceptors (Lipinski definition) is 1. The molecule has 0 saturated heterocycles. The van der Waals surface area contributed by atoms with E-state index < -0.39 is 0 Å². The van der Waals surface area contributed by atoms with Crippen LogP contribution >= 0.6 is 0 Å². The van der Waals surface area contributed by atoms with Crippen molar-refractivity contribution in [2.45, 2.75) is 46.5 Å². The van der Waals surface area contributed by atoms with Crippen molar-refractivity contribution in [2.75, 3.05) is 7.05 Å². The first-order valence-corrected chi connectivity index (χ1v) is 5.26. The van der Waals surface area contributed by atoms with Gasteiger partial charge in [-0.25, -0.2) is 0 Å². The van der Waals surface area contributed by atoms with E-state index in [1.165, 1.54) is 19.3 Å². The minimum Gasteiger partial charge on any atom is -0.359 e. The highest BCUT2D eigenvalue weighted by molar-refractivity contribution is 5.75. The second-order valence-electron chi connectivity index (χ2n) is 4.31. The highest BCUT2D eigenvalue weighted by atomic mass is 16.1. The molecule has 0 aromatic heterocycles. The minimum absolute atomic E-state index is 0.164. The van der Waals surface area contributed by atoms with Crippen LogP contribution in [0.4, 0.5) is 0 Å². The monoisotopic (exact) mass is 185 g/mol. The molecule has 2 heteroatoms. The molecule has 0 rings (SSSR count). The largest absolute Gasteiger partial charge is 0.359 e. The predicted molar refractivity (Wildman–Crippen MR) is 56.5 cm³/mol. The third kappa shape index (κ3) is 7.82. The van der Waals surface area contributed by atoms with Crippen LogP contribution in [0.15, 0.2) is 0 Å². The molecule has 0 radical (unpaired) electrons. The molecule has 13 heavy (non-hydrogen) atoms. The van der Waals surface area contributed by atoms with Gasteiger partial charge in [-0.3, -0.25) is 4.79 Å². The lowest BCUT2D eigenvalue weighted by molar-refractivity contribution is -0.121. The maximum atomic E-state index is 11.0. The Labute approximate surface area is 82.1 Å². The molecule has 78 valence electrons. The molecule has 0 aliphatic heterocycles. The number of hydrogen-bond donors (Lipinski definition) is 1. The molecule has 1 N–H and O–H groups in total. The summed E-state index contributed by atoms with van der Waals surface area (Å²) in [5, 5.41) is 2.66. The van der Waals surface area contributed by atoms with Gasteiger partial charge < -0.3 is 5.32 Å². The van der Waals surface area contributed by atoms with E-state index in [9.17, 15) is 4.79 Å². The molecular weight excluding hydrogens is 162 g/mol. The predicted octanol–water partition coefficient (Wildman–Crippen LogP) is 2.58. The lowest BCUT2D eigenvalue weighted by atomic mass is 9.97. The van der Waals surface area contributed by atoms with Crippen LogP contribution in [0, 0.1) is 11.8 Å². The molecule has 0 aromatic carbocycles. The van der Waals surface area contributed by atoms with Gasteiger partial charge in [0.2, 0.25) is 5.91 Å². The van der Waals surface area contributed by atoms with Crippen LogP contribution in [-0.4, -0.2) is 13.0 Å². The van der Waals surface area contributed by atoms with Gasteiger partial charge in [-0.15, -0.1) is 0 Å². The summed E-state index contributed by atoms with van der Waals surface area (Å²) in [5.41, 5.74) is 0. The Morgan fingerprint density at radius 2 is 1.85 bits per heavy atom. The maximum absolute atomic E-state index is 11.0. The Morgan fingerprint density at radius 3 is 2.31 bits per heavy atom. The lowest BCUT2D eigenvalue weighted by Gasteiger charge is -2.10. The van der Waals surface area contributed by atoms with Crippen molar-refractivity contribution in [1.29, 1.82) is 0 Å². The molecule has 2 nitrogen and oxygen atoms in total. The average molecular weight is 185 g/mol.